The van der Waals surface area contributed by atoms with Crippen LogP contribution in [-0.2, 0) is 19.2 Å². The van der Waals surface area contributed by atoms with E-state index >= 15 is 0 Å². The molecule has 17 heteroatoms. The third kappa shape index (κ3) is 8.07. The van der Waals surface area contributed by atoms with Crippen molar-refractivity contribution in [2.45, 2.75) is 24.9 Å². The Morgan fingerprint density at radius 1 is 1.14 bits per heavy atom. The normalized spacial score (nSPS) is 12.4. The molecule has 0 saturated heterocycles. The molecule has 2 atom stereocenters. The number of aromatic nitrogens is 2. The van der Waals surface area contributed by atoms with Crippen LogP contribution in [0.4, 0.5) is 11.4 Å². The second kappa shape index (κ2) is 13.0. The molecule has 35 heavy (non-hydrogen) atoms. The molecule has 1 heterocycles. The first kappa shape index (κ1) is 27.3. The Morgan fingerprint density at radius 3 is 2.51 bits per heavy atom. The molecular formula is C18H24N8O8S. The number of non-ortho nitro benzene ring substituents is 1. The van der Waals surface area contributed by atoms with Gasteiger partial charge in [0.15, 0.2) is 5.52 Å². The van der Waals surface area contributed by atoms with Crippen LogP contribution in [0.2, 0.25) is 0 Å². The standard InChI is InChI=1S/C18H24N8O8S/c19-9(18(30)31)1-4-13(27)23-11(8-35)17(29)22-7-14(28)21-6-5-20-10-2-3-12(26(32)33)16-15(10)24-34-25-16/h2-3,9,11,20,35H,1,4-8,19H2,(H,21,28)(H,22,29)(H,23,27)(H,30,31)/t9?,11-/m0/s1. The van der Waals surface area contributed by atoms with Crippen LogP contribution in [0.1, 0.15) is 12.8 Å². The number of rotatable bonds is 14. The van der Waals surface area contributed by atoms with Crippen molar-refractivity contribution in [2.75, 3.05) is 30.7 Å². The van der Waals surface area contributed by atoms with Crippen molar-refractivity contribution < 1.29 is 33.8 Å². The van der Waals surface area contributed by atoms with Gasteiger partial charge in [-0.1, -0.05) is 0 Å². The highest BCUT2D eigenvalue weighted by atomic mass is 32.1. The number of hydrogen-bond acceptors (Lipinski definition) is 12. The second-order valence-corrected chi connectivity index (χ2v) is 7.50. The third-order valence-electron chi connectivity index (χ3n) is 4.61. The van der Waals surface area contributed by atoms with E-state index in [1.54, 1.807) is 0 Å². The van der Waals surface area contributed by atoms with Gasteiger partial charge >= 0.3 is 11.7 Å². The Hall–Kier alpha value is -3.99. The van der Waals surface area contributed by atoms with Crippen molar-refractivity contribution in [3.8, 4) is 0 Å². The van der Waals surface area contributed by atoms with Gasteiger partial charge in [-0.25, -0.2) is 4.63 Å². The maximum Gasteiger partial charge on any atom is 0.320 e. The molecule has 0 aliphatic carbocycles. The van der Waals surface area contributed by atoms with Crippen molar-refractivity contribution in [3.63, 3.8) is 0 Å². The smallest absolute Gasteiger partial charge is 0.320 e. The third-order valence-corrected chi connectivity index (χ3v) is 4.98. The zero-order valence-corrected chi connectivity index (χ0v) is 19.1. The molecule has 0 bridgehead atoms. The monoisotopic (exact) mass is 512 g/mol. The van der Waals surface area contributed by atoms with Crippen molar-refractivity contribution in [3.05, 3.63) is 22.2 Å². The lowest BCUT2D eigenvalue weighted by atomic mass is 10.1. The summed E-state index contributed by atoms with van der Waals surface area (Å²) in [4.78, 5) is 57.1. The maximum atomic E-state index is 12.2. The van der Waals surface area contributed by atoms with Gasteiger partial charge in [-0.3, -0.25) is 29.3 Å². The van der Waals surface area contributed by atoms with Crippen LogP contribution in [0.5, 0.6) is 0 Å². The Labute approximate surface area is 202 Å². The molecule has 0 fully saturated rings. The summed E-state index contributed by atoms with van der Waals surface area (Å²) in [5.74, 6) is -3.01. The van der Waals surface area contributed by atoms with Crippen molar-refractivity contribution >= 4 is 58.7 Å². The van der Waals surface area contributed by atoms with Gasteiger partial charge in [0, 0.05) is 31.3 Å². The molecule has 0 aliphatic heterocycles. The van der Waals surface area contributed by atoms with E-state index in [9.17, 15) is 29.3 Å². The molecule has 1 unspecified atom stereocenters. The van der Waals surface area contributed by atoms with E-state index in [4.69, 9.17) is 10.8 Å². The number of nitrogens with zero attached hydrogens (tertiary/aromatic N) is 3. The van der Waals surface area contributed by atoms with E-state index < -0.39 is 40.7 Å². The second-order valence-electron chi connectivity index (χ2n) is 7.13. The molecule has 2 rings (SSSR count). The summed E-state index contributed by atoms with van der Waals surface area (Å²) in [6, 6.07) is 0.469. The highest BCUT2D eigenvalue weighted by Crippen LogP contribution is 2.28. The van der Waals surface area contributed by atoms with E-state index in [0.717, 1.165) is 0 Å². The van der Waals surface area contributed by atoms with E-state index in [1.165, 1.54) is 12.1 Å². The van der Waals surface area contributed by atoms with Crippen molar-refractivity contribution in [1.29, 1.82) is 0 Å². The lowest BCUT2D eigenvalue weighted by Crippen LogP contribution is -2.50. The van der Waals surface area contributed by atoms with Gasteiger partial charge in [-0.2, -0.15) is 12.6 Å². The molecule has 0 spiro atoms. The fourth-order valence-electron chi connectivity index (χ4n) is 2.77. The number of hydrogen-bond donors (Lipinski definition) is 7. The number of amides is 3. The predicted octanol–water partition coefficient (Wildman–Crippen LogP) is -1.62. The quantitative estimate of drug-likeness (QED) is 0.0653. The number of aliphatic carboxylic acids is 1. The summed E-state index contributed by atoms with van der Waals surface area (Å²) in [6.45, 7) is 0.0140. The molecule has 1 aromatic carbocycles. The Morgan fingerprint density at radius 2 is 1.86 bits per heavy atom. The van der Waals surface area contributed by atoms with Crippen molar-refractivity contribution in [2.24, 2.45) is 5.73 Å². The average Bonchev–Trinajstić information content (AvgIpc) is 3.31. The Kier molecular flexibility index (Phi) is 10.2. The number of carboxylic acid groups (broad SMARTS) is 1. The van der Waals surface area contributed by atoms with Crippen LogP contribution in [0.25, 0.3) is 11.0 Å². The Bertz CT molecular complexity index is 1090. The lowest BCUT2D eigenvalue weighted by molar-refractivity contribution is -0.383. The first-order chi connectivity index (χ1) is 16.6. The highest BCUT2D eigenvalue weighted by molar-refractivity contribution is 7.80. The zero-order valence-electron chi connectivity index (χ0n) is 18.2. The molecule has 0 aliphatic rings. The number of carbonyl (C=O) groups is 4. The van der Waals surface area contributed by atoms with Crippen LogP contribution in [0, 0.1) is 10.1 Å². The molecule has 0 radical (unpaired) electrons. The summed E-state index contributed by atoms with van der Waals surface area (Å²) < 4.78 is 4.57. The SMILES string of the molecule is NC(CCC(=O)N[C@@H](CS)C(=O)NCC(=O)NCCNc1ccc([N+](=O)[O-])c2nonc12)C(=O)O. The van der Waals surface area contributed by atoms with Gasteiger partial charge in [0.25, 0.3) is 0 Å². The van der Waals surface area contributed by atoms with Crippen LogP contribution in [-0.4, -0.2) is 81.5 Å². The van der Waals surface area contributed by atoms with Crippen LogP contribution in [0.15, 0.2) is 16.8 Å². The molecule has 16 nitrogen and oxygen atoms in total. The fourth-order valence-corrected chi connectivity index (χ4v) is 3.02. The van der Waals surface area contributed by atoms with Crippen LogP contribution < -0.4 is 27.0 Å². The highest BCUT2D eigenvalue weighted by Gasteiger charge is 2.21. The number of anilines is 1. The summed E-state index contributed by atoms with van der Waals surface area (Å²) in [6.07, 6.45) is -0.291. The number of benzene rings is 1. The molecule has 190 valence electrons. The first-order valence-electron chi connectivity index (χ1n) is 10.2. The minimum Gasteiger partial charge on any atom is -0.480 e. The van der Waals surface area contributed by atoms with Gasteiger partial charge < -0.3 is 32.1 Å². The van der Waals surface area contributed by atoms with Gasteiger partial charge in [0.1, 0.15) is 12.1 Å². The summed E-state index contributed by atoms with van der Waals surface area (Å²) in [7, 11) is 0. The minimum absolute atomic E-state index is 0.0117. The fraction of sp³-hybridized carbons (Fsp3) is 0.444. The minimum atomic E-state index is -1.24. The first-order valence-corrected chi connectivity index (χ1v) is 10.8. The molecule has 7 N–H and O–H groups in total. The summed E-state index contributed by atoms with van der Waals surface area (Å²) in [5.41, 5.74) is 5.66. The number of carbonyl (C=O) groups excluding carboxylic acids is 3. The van der Waals surface area contributed by atoms with Gasteiger partial charge in [0.05, 0.1) is 17.2 Å². The number of nitrogens with one attached hydrogen (secondary N) is 4. The van der Waals surface area contributed by atoms with E-state index in [-0.39, 0.29) is 54.9 Å². The average molecular weight is 513 g/mol. The van der Waals surface area contributed by atoms with Gasteiger partial charge in [-0.15, -0.1) is 0 Å². The van der Waals surface area contributed by atoms with Crippen molar-refractivity contribution in [1.82, 2.24) is 26.3 Å². The number of fused-ring (bicyclic) bond motifs is 1. The summed E-state index contributed by atoms with van der Waals surface area (Å²) >= 11 is 4.00. The number of thiol groups is 1. The van der Waals surface area contributed by atoms with Gasteiger partial charge in [-0.05, 0) is 22.8 Å². The molecular weight excluding hydrogens is 488 g/mol. The predicted molar refractivity (Wildman–Crippen MR) is 124 cm³/mol. The zero-order chi connectivity index (χ0) is 26.0. The summed E-state index contributed by atoms with van der Waals surface area (Å²) in [5, 5.41) is 37.2. The van der Waals surface area contributed by atoms with Gasteiger partial charge in [0.2, 0.25) is 23.2 Å². The lowest BCUT2D eigenvalue weighted by Gasteiger charge is -2.17. The molecule has 1 aromatic heterocycles. The Balaban J connectivity index is 1.72. The molecule has 3 amide bonds. The van der Waals surface area contributed by atoms with Crippen LogP contribution >= 0.6 is 12.6 Å². The maximum absolute atomic E-state index is 12.2. The number of nitro benzene ring substituents is 1. The number of nitrogens with two attached hydrogens (primary N) is 1. The largest absolute Gasteiger partial charge is 0.480 e. The van der Waals surface area contributed by atoms with E-state index in [2.05, 4.69) is 48.8 Å². The van der Waals surface area contributed by atoms with Crippen LogP contribution in [0.3, 0.4) is 0 Å². The topological polar surface area (TPSA) is 245 Å². The van der Waals surface area contributed by atoms with E-state index in [1.807, 2.05) is 0 Å². The molecule has 2 aromatic rings. The molecule has 0 saturated carbocycles. The number of carboxylic acids is 1. The number of nitro groups is 1. The van der Waals surface area contributed by atoms with E-state index in [0.29, 0.717) is 5.69 Å².